The van der Waals surface area contributed by atoms with Crippen LogP contribution < -0.4 is 0 Å². The van der Waals surface area contributed by atoms with Gasteiger partial charge in [-0.1, -0.05) is 20.8 Å². The summed E-state index contributed by atoms with van der Waals surface area (Å²) in [5, 5.41) is -0.543. The van der Waals surface area contributed by atoms with Crippen LogP contribution >= 0.6 is 11.6 Å². The molecule has 1 atom stereocenters. The van der Waals surface area contributed by atoms with Crippen LogP contribution in [0.1, 0.15) is 20.8 Å². The fraction of sp³-hybridized carbons (Fsp3) is 0.778. The summed E-state index contributed by atoms with van der Waals surface area (Å²) in [5.41, 5.74) is -0.113. The highest BCUT2D eigenvalue weighted by Gasteiger charge is 2.40. The van der Waals surface area contributed by atoms with Gasteiger partial charge in [-0.15, -0.1) is 0 Å². The first-order chi connectivity index (χ1) is 6.32. The van der Waals surface area contributed by atoms with Crippen LogP contribution in [0.2, 0.25) is 0 Å². The van der Waals surface area contributed by atoms with E-state index in [0.717, 1.165) is 0 Å². The topological polar surface area (TPSA) is 46.6 Å². The minimum Gasteiger partial charge on any atom is -0.447 e. The van der Waals surface area contributed by atoms with E-state index in [9.17, 15) is 9.59 Å². The van der Waals surface area contributed by atoms with Crippen molar-refractivity contribution >= 4 is 22.9 Å². The maximum Gasteiger partial charge on any atom is 0.410 e. The minimum atomic E-state index is -0.543. The van der Waals surface area contributed by atoms with Crippen LogP contribution in [0.4, 0.5) is 4.79 Å². The van der Waals surface area contributed by atoms with E-state index in [2.05, 4.69) is 0 Å². The molecule has 5 heteroatoms. The summed E-state index contributed by atoms with van der Waals surface area (Å²) >= 11 is 5.25. The molecule has 0 spiro atoms. The molecular formula is C9H14ClNO3. The molecule has 0 N–H and O–H groups in total. The predicted octanol–water partition coefficient (Wildman–Crippen LogP) is 1.62. The Hall–Kier alpha value is -0.770. The van der Waals surface area contributed by atoms with Crippen LogP contribution in [0.25, 0.3) is 0 Å². The Morgan fingerprint density at radius 3 is 2.64 bits per heavy atom. The normalized spacial score (nSPS) is 22.4. The molecule has 0 aromatic carbocycles. The zero-order valence-electron chi connectivity index (χ0n) is 8.54. The number of amides is 1. The van der Waals surface area contributed by atoms with E-state index in [1.54, 1.807) is 0 Å². The Morgan fingerprint density at radius 2 is 2.21 bits per heavy atom. The first-order valence-corrected chi connectivity index (χ1v) is 4.82. The molecule has 1 aliphatic rings. The molecule has 80 valence electrons. The average Bonchev–Trinajstić information content (AvgIpc) is 2.30. The van der Waals surface area contributed by atoms with Gasteiger partial charge in [0.2, 0.25) is 5.24 Å². The maximum absolute atomic E-state index is 11.3. The molecule has 0 aromatic heterocycles. The van der Waals surface area contributed by atoms with Crippen LogP contribution in [0.3, 0.4) is 0 Å². The van der Waals surface area contributed by atoms with Crippen LogP contribution in [0.5, 0.6) is 0 Å². The fourth-order valence-electron chi connectivity index (χ4n) is 1.48. The van der Waals surface area contributed by atoms with Crippen molar-refractivity contribution in [2.24, 2.45) is 5.41 Å². The molecule has 1 fully saturated rings. The van der Waals surface area contributed by atoms with Crippen molar-refractivity contribution in [3.05, 3.63) is 0 Å². The van der Waals surface area contributed by atoms with Gasteiger partial charge in [0.1, 0.15) is 6.61 Å². The highest BCUT2D eigenvalue weighted by Crippen LogP contribution is 2.29. The molecule has 4 nitrogen and oxygen atoms in total. The van der Waals surface area contributed by atoms with Crippen molar-refractivity contribution in [3.8, 4) is 0 Å². The molecule has 0 aliphatic carbocycles. The number of halogens is 1. The lowest BCUT2D eigenvalue weighted by Gasteiger charge is -2.31. The van der Waals surface area contributed by atoms with Crippen molar-refractivity contribution in [2.45, 2.75) is 26.8 Å². The number of nitrogens with zero attached hydrogens (tertiary/aromatic N) is 1. The highest BCUT2D eigenvalue weighted by molar-refractivity contribution is 6.64. The quantitative estimate of drug-likeness (QED) is 0.663. The first-order valence-electron chi connectivity index (χ1n) is 4.44. The number of rotatable bonds is 2. The zero-order valence-corrected chi connectivity index (χ0v) is 9.30. The second-order valence-corrected chi connectivity index (χ2v) is 4.86. The summed E-state index contributed by atoms with van der Waals surface area (Å²) in [7, 11) is 0. The Balaban J connectivity index is 2.77. The van der Waals surface area contributed by atoms with Gasteiger partial charge in [-0.2, -0.15) is 0 Å². The van der Waals surface area contributed by atoms with E-state index in [1.807, 2.05) is 20.8 Å². The molecule has 14 heavy (non-hydrogen) atoms. The summed E-state index contributed by atoms with van der Waals surface area (Å²) in [6, 6.07) is -0.0855. The number of hydrogen-bond donors (Lipinski definition) is 0. The Bertz CT molecular complexity index is 259. The largest absolute Gasteiger partial charge is 0.447 e. The smallest absolute Gasteiger partial charge is 0.410 e. The van der Waals surface area contributed by atoms with E-state index in [4.69, 9.17) is 16.3 Å². The fourth-order valence-corrected chi connectivity index (χ4v) is 1.61. The monoisotopic (exact) mass is 219 g/mol. The SMILES string of the molecule is CC(C)(C)[C@H]1COC(=O)N1CC(=O)Cl. The summed E-state index contributed by atoms with van der Waals surface area (Å²) in [6.07, 6.45) is -0.459. The van der Waals surface area contributed by atoms with E-state index < -0.39 is 11.3 Å². The van der Waals surface area contributed by atoms with Gasteiger partial charge in [-0.3, -0.25) is 9.69 Å². The third-order valence-corrected chi connectivity index (χ3v) is 2.39. The number of ether oxygens (including phenoxy) is 1. The first kappa shape index (κ1) is 11.3. The minimum absolute atomic E-state index is 0.0810. The van der Waals surface area contributed by atoms with E-state index in [-0.39, 0.29) is 18.0 Å². The third kappa shape index (κ3) is 2.38. The molecule has 1 rings (SSSR count). The number of carbonyl (C=O) groups is 2. The second kappa shape index (κ2) is 3.77. The lowest BCUT2D eigenvalue weighted by Crippen LogP contribution is -2.44. The second-order valence-electron chi connectivity index (χ2n) is 4.44. The van der Waals surface area contributed by atoms with Crippen molar-refractivity contribution < 1.29 is 14.3 Å². The number of hydrogen-bond acceptors (Lipinski definition) is 3. The predicted molar refractivity (Wildman–Crippen MR) is 52.2 cm³/mol. The van der Waals surface area contributed by atoms with Gasteiger partial charge in [0, 0.05) is 0 Å². The summed E-state index contributed by atoms with van der Waals surface area (Å²) in [4.78, 5) is 23.4. The third-order valence-electron chi connectivity index (χ3n) is 2.27. The lowest BCUT2D eigenvalue weighted by molar-refractivity contribution is -0.112. The standard InChI is InChI=1S/C9H14ClNO3/c1-9(2,3)6-5-14-8(13)11(6)4-7(10)12/h6H,4-5H2,1-3H3/t6-/m1/s1. The van der Waals surface area contributed by atoms with Gasteiger partial charge in [0.25, 0.3) is 0 Å². The van der Waals surface area contributed by atoms with Crippen LogP contribution in [-0.4, -0.2) is 35.4 Å². The Morgan fingerprint density at radius 1 is 1.64 bits per heavy atom. The molecule has 0 unspecified atom stereocenters. The van der Waals surface area contributed by atoms with Gasteiger partial charge >= 0.3 is 6.09 Å². The van der Waals surface area contributed by atoms with Crippen molar-refractivity contribution in [2.75, 3.05) is 13.2 Å². The van der Waals surface area contributed by atoms with Gasteiger partial charge in [-0.25, -0.2) is 4.79 Å². The van der Waals surface area contributed by atoms with E-state index in [1.165, 1.54) is 4.90 Å². The molecular weight excluding hydrogens is 206 g/mol. The molecule has 0 bridgehead atoms. The van der Waals surface area contributed by atoms with Gasteiger partial charge in [-0.05, 0) is 17.0 Å². The molecule has 1 saturated heterocycles. The summed E-state index contributed by atoms with van der Waals surface area (Å²) in [5.74, 6) is 0. The Kier molecular flexibility index (Phi) is 3.04. The summed E-state index contributed by atoms with van der Waals surface area (Å²) < 4.78 is 4.88. The van der Waals surface area contributed by atoms with Crippen molar-refractivity contribution in [1.29, 1.82) is 0 Å². The van der Waals surface area contributed by atoms with Crippen LogP contribution in [-0.2, 0) is 9.53 Å². The van der Waals surface area contributed by atoms with E-state index >= 15 is 0 Å². The van der Waals surface area contributed by atoms with Crippen molar-refractivity contribution in [1.82, 2.24) is 4.90 Å². The molecule has 1 aliphatic heterocycles. The highest BCUT2D eigenvalue weighted by atomic mass is 35.5. The maximum atomic E-state index is 11.3. The lowest BCUT2D eigenvalue weighted by atomic mass is 9.87. The van der Waals surface area contributed by atoms with Gasteiger partial charge < -0.3 is 4.74 Å². The number of cyclic esters (lactones) is 1. The van der Waals surface area contributed by atoms with Gasteiger partial charge in [0.15, 0.2) is 0 Å². The molecule has 0 aromatic rings. The van der Waals surface area contributed by atoms with Crippen molar-refractivity contribution in [3.63, 3.8) is 0 Å². The van der Waals surface area contributed by atoms with Gasteiger partial charge in [0.05, 0.1) is 12.6 Å². The molecule has 1 amide bonds. The van der Waals surface area contributed by atoms with Crippen LogP contribution in [0.15, 0.2) is 0 Å². The zero-order chi connectivity index (χ0) is 10.9. The molecule has 0 radical (unpaired) electrons. The average molecular weight is 220 g/mol. The molecule has 1 heterocycles. The number of carbonyl (C=O) groups excluding carboxylic acids is 2. The summed E-state index contributed by atoms with van der Waals surface area (Å²) in [6.45, 7) is 6.22. The van der Waals surface area contributed by atoms with Crippen LogP contribution in [0, 0.1) is 5.41 Å². The van der Waals surface area contributed by atoms with E-state index in [0.29, 0.717) is 6.61 Å². The molecule has 0 saturated carbocycles. The Labute approximate surface area is 88.2 Å².